The maximum Gasteiger partial charge on any atom is 0.287 e. The number of halogens is 2. The number of para-hydroxylation sites is 1. The van der Waals surface area contributed by atoms with Crippen molar-refractivity contribution in [3.63, 3.8) is 0 Å². The van der Waals surface area contributed by atoms with E-state index in [1.165, 1.54) is 0 Å². The molecule has 0 radical (unpaired) electrons. The van der Waals surface area contributed by atoms with E-state index in [0.29, 0.717) is 18.8 Å². The highest BCUT2D eigenvalue weighted by molar-refractivity contribution is 9.10. The van der Waals surface area contributed by atoms with Gasteiger partial charge in [-0.15, -0.1) is 0 Å². The average molecular weight is 497 g/mol. The van der Waals surface area contributed by atoms with Gasteiger partial charge in [0.2, 0.25) is 0 Å². The quantitative estimate of drug-likeness (QED) is 0.517. The number of furan rings is 1. The van der Waals surface area contributed by atoms with Crippen molar-refractivity contribution < 1.29 is 13.9 Å². The Morgan fingerprint density at radius 2 is 2.00 bits per heavy atom. The molecular formula is C19H19Br2N3O3. The van der Waals surface area contributed by atoms with Crippen LogP contribution in [-0.4, -0.2) is 22.2 Å². The number of carbonyl (C=O) groups is 1. The summed E-state index contributed by atoms with van der Waals surface area (Å²) in [4.78, 5) is 12.2. The fourth-order valence-corrected chi connectivity index (χ4v) is 3.23. The van der Waals surface area contributed by atoms with Crippen LogP contribution in [0.25, 0.3) is 0 Å². The van der Waals surface area contributed by atoms with Crippen molar-refractivity contribution in [1.82, 2.24) is 15.1 Å². The smallest absolute Gasteiger partial charge is 0.287 e. The molecule has 2 aromatic heterocycles. The standard InChI is InChI=1S/C19H19Br2N3O3/c1-12-18(21)13(2)24(23-12)10-9-22-19(25)17-8-7-14(27-17)11-26-16-6-4-3-5-15(16)20/h3-8H,9-11H2,1-2H3,(H,22,25). The van der Waals surface area contributed by atoms with Gasteiger partial charge in [0.25, 0.3) is 5.91 Å². The lowest BCUT2D eigenvalue weighted by molar-refractivity contribution is 0.0920. The van der Waals surface area contributed by atoms with Gasteiger partial charge in [-0.05, 0) is 70.0 Å². The predicted octanol–water partition coefficient (Wildman–Crippen LogP) is 4.63. The number of hydrogen-bond donors (Lipinski definition) is 1. The summed E-state index contributed by atoms with van der Waals surface area (Å²) in [6, 6.07) is 11.0. The molecular weight excluding hydrogens is 478 g/mol. The Hall–Kier alpha value is -2.06. The number of aryl methyl sites for hydroxylation is 1. The van der Waals surface area contributed by atoms with Crippen molar-refractivity contribution in [2.45, 2.75) is 27.0 Å². The van der Waals surface area contributed by atoms with Gasteiger partial charge in [0.05, 0.1) is 21.2 Å². The monoisotopic (exact) mass is 495 g/mol. The van der Waals surface area contributed by atoms with Crippen molar-refractivity contribution in [2.24, 2.45) is 0 Å². The van der Waals surface area contributed by atoms with Gasteiger partial charge in [0.1, 0.15) is 18.1 Å². The van der Waals surface area contributed by atoms with Gasteiger partial charge in [-0.3, -0.25) is 9.48 Å². The summed E-state index contributed by atoms with van der Waals surface area (Å²) in [5.41, 5.74) is 1.96. The molecule has 0 unspecified atom stereocenters. The first-order chi connectivity index (χ1) is 13.0. The van der Waals surface area contributed by atoms with Crippen LogP contribution in [0.1, 0.15) is 27.7 Å². The van der Waals surface area contributed by atoms with E-state index >= 15 is 0 Å². The van der Waals surface area contributed by atoms with Crippen LogP contribution in [-0.2, 0) is 13.2 Å². The Morgan fingerprint density at radius 3 is 2.70 bits per heavy atom. The fraction of sp³-hybridized carbons (Fsp3) is 0.263. The summed E-state index contributed by atoms with van der Waals surface area (Å²) >= 11 is 6.92. The minimum atomic E-state index is -0.261. The number of benzene rings is 1. The molecule has 3 aromatic rings. The molecule has 27 heavy (non-hydrogen) atoms. The molecule has 2 heterocycles. The van der Waals surface area contributed by atoms with Crippen molar-refractivity contribution >= 4 is 37.8 Å². The number of rotatable bonds is 7. The first kappa shape index (κ1) is 19.7. The zero-order chi connectivity index (χ0) is 19.4. The number of nitrogens with one attached hydrogen (secondary N) is 1. The molecule has 0 aliphatic carbocycles. The number of carbonyl (C=O) groups excluding carboxylic acids is 1. The van der Waals surface area contributed by atoms with Crippen molar-refractivity contribution in [2.75, 3.05) is 6.54 Å². The highest BCUT2D eigenvalue weighted by Gasteiger charge is 2.13. The zero-order valence-electron chi connectivity index (χ0n) is 15.0. The molecule has 1 aromatic carbocycles. The van der Waals surface area contributed by atoms with E-state index in [-0.39, 0.29) is 18.3 Å². The molecule has 0 atom stereocenters. The fourth-order valence-electron chi connectivity index (χ4n) is 2.54. The molecule has 0 aliphatic heterocycles. The number of amides is 1. The molecule has 3 rings (SSSR count). The third-order valence-corrected chi connectivity index (χ3v) is 5.80. The van der Waals surface area contributed by atoms with Crippen LogP contribution < -0.4 is 10.1 Å². The van der Waals surface area contributed by atoms with Crippen molar-refractivity contribution in [1.29, 1.82) is 0 Å². The number of hydrogen-bond acceptors (Lipinski definition) is 4. The molecule has 0 fully saturated rings. The largest absolute Gasteiger partial charge is 0.484 e. The predicted molar refractivity (Wildman–Crippen MR) is 109 cm³/mol. The van der Waals surface area contributed by atoms with Crippen LogP contribution in [0.15, 0.2) is 49.8 Å². The summed E-state index contributed by atoms with van der Waals surface area (Å²) < 4.78 is 15.0. The van der Waals surface area contributed by atoms with Crippen LogP contribution in [0.5, 0.6) is 5.75 Å². The van der Waals surface area contributed by atoms with Crippen LogP contribution in [0.3, 0.4) is 0 Å². The maximum atomic E-state index is 12.2. The van der Waals surface area contributed by atoms with Gasteiger partial charge in [-0.25, -0.2) is 0 Å². The minimum absolute atomic E-state index is 0.246. The SMILES string of the molecule is Cc1nn(CCNC(=O)c2ccc(COc3ccccc3Br)o2)c(C)c1Br. The summed E-state index contributed by atoms with van der Waals surface area (Å²) in [7, 11) is 0. The summed E-state index contributed by atoms with van der Waals surface area (Å²) in [6.45, 7) is 5.21. The molecule has 0 spiro atoms. The van der Waals surface area contributed by atoms with Crippen LogP contribution in [0.4, 0.5) is 0 Å². The molecule has 0 saturated heterocycles. The zero-order valence-corrected chi connectivity index (χ0v) is 18.1. The Balaban J connectivity index is 1.51. The Bertz CT molecular complexity index is 950. The molecule has 0 bridgehead atoms. The summed E-state index contributed by atoms with van der Waals surface area (Å²) in [5, 5.41) is 7.26. The van der Waals surface area contributed by atoms with E-state index in [1.807, 2.05) is 42.8 Å². The van der Waals surface area contributed by atoms with E-state index in [9.17, 15) is 4.79 Å². The van der Waals surface area contributed by atoms with Gasteiger partial charge >= 0.3 is 0 Å². The van der Waals surface area contributed by atoms with Crippen LogP contribution >= 0.6 is 31.9 Å². The Kier molecular flexibility index (Phi) is 6.38. The summed E-state index contributed by atoms with van der Waals surface area (Å²) in [6.07, 6.45) is 0. The number of nitrogens with zero attached hydrogens (tertiary/aromatic N) is 2. The van der Waals surface area contributed by atoms with Gasteiger partial charge < -0.3 is 14.5 Å². The van der Waals surface area contributed by atoms with E-state index in [2.05, 4.69) is 42.3 Å². The minimum Gasteiger partial charge on any atom is -0.484 e. The third-order valence-electron chi connectivity index (χ3n) is 3.99. The molecule has 1 amide bonds. The second-order valence-corrected chi connectivity index (χ2v) is 7.60. The van der Waals surface area contributed by atoms with E-state index < -0.39 is 0 Å². The lowest BCUT2D eigenvalue weighted by atomic mass is 10.3. The lowest BCUT2D eigenvalue weighted by Gasteiger charge is -2.06. The second kappa shape index (κ2) is 8.75. The Morgan fingerprint density at radius 1 is 1.22 bits per heavy atom. The van der Waals surface area contributed by atoms with E-state index in [4.69, 9.17) is 9.15 Å². The molecule has 1 N–H and O–H groups in total. The number of ether oxygens (including phenoxy) is 1. The highest BCUT2D eigenvalue weighted by atomic mass is 79.9. The van der Waals surface area contributed by atoms with Crippen molar-refractivity contribution in [3.8, 4) is 5.75 Å². The van der Waals surface area contributed by atoms with Crippen molar-refractivity contribution in [3.05, 3.63) is 68.3 Å². The molecule has 0 saturated carbocycles. The molecule has 8 heteroatoms. The van der Waals surface area contributed by atoms with Crippen LogP contribution in [0.2, 0.25) is 0 Å². The van der Waals surface area contributed by atoms with Gasteiger partial charge in [-0.1, -0.05) is 12.1 Å². The molecule has 6 nitrogen and oxygen atoms in total. The first-order valence-electron chi connectivity index (χ1n) is 8.39. The van der Waals surface area contributed by atoms with E-state index in [0.717, 1.165) is 26.1 Å². The summed E-state index contributed by atoms with van der Waals surface area (Å²) in [5.74, 6) is 1.30. The van der Waals surface area contributed by atoms with Gasteiger partial charge in [0.15, 0.2) is 5.76 Å². The first-order valence-corrected chi connectivity index (χ1v) is 9.98. The Labute approximate surface area is 174 Å². The third kappa shape index (κ3) is 4.81. The number of aromatic nitrogens is 2. The molecule has 0 aliphatic rings. The molecule has 142 valence electrons. The highest BCUT2D eigenvalue weighted by Crippen LogP contribution is 2.25. The van der Waals surface area contributed by atoms with Gasteiger partial charge in [0, 0.05) is 12.2 Å². The topological polar surface area (TPSA) is 69.3 Å². The van der Waals surface area contributed by atoms with Crippen LogP contribution in [0, 0.1) is 13.8 Å². The maximum absolute atomic E-state index is 12.2. The van der Waals surface area contributed by atoms with Gasteiger partial charge in [-0.2, -0.15) is 5.10 Å². The van der Waals surface area contributed by atoms with E-state index in [1.54, 1.807) is 12.1 Å². The second-order valence-electron chi connectivity index (χ2n) is 5.95. The normalized spacial score (nSPS) is 10.8. The lowest BCUT2D eigenvalue weighted by Crippen LogP contribution is -2.27. The average Bonchev–Trinajstić information content (AvgIpc) is 3.22.